The molecule has 3 N–H and O–H groups in total. The smallest absolute Gasteiger partial charge is 0.394 e. The average Bonchev–Trinajstić information content (AvgIpc) is 3.54. The molecule has 17 heteroatoms. The number of rotatable bonds is 5. The van der Waals surface area contributed by atoms with Gasteiger partial charge in [-0.3, -0.25) is 4.68 Å². The van der Waals surface area contributed by atoms with Crippen LogP contribution in [0.2, 0.25) is 15.1 Å². The van der Waals surface area contributed by atoms with Crippen LogP contribution < -0.4 is 0 Å². The van der Waals surface area contributed by atoms with E-state index in [4.69, 9.17) is 39.5 Å². The number of nitrogens with zero attached hydrogens (tertiary/aromatic N) is 6. The molecule has 0 aliphatic carbocycles. The van der Waals surface area contributed by atoms with Crippen molar-refractivity contribution in [3.8, 4) is 16.8 Å². The summed E-state index contributed by atoms with van der Waals surface area (Å²) in [6, 6.07) is 2.38. The number of hydrogen-bond acceptors (Lipinski definition) is 8. The van der Waals surface area contributed by atoms with E-state index in [0.29, 0.717) is 0 Å². The number of alkyl halides is 3. The van der Waals surface area contributed by atoms with Crippen molar-refractivity contribution >= 4 is 34.8 Å². The van der Waals surface area contributed by atoms with E-state index in [1.165, 1.54) is 31.5 Å². The largest absolute Gasteiger partial charge is 0.435 e. The summed E-state index contributed by atoms with van der Waals surface area (Å²) in [4.78, 5) is 7.58. The molecule has 1 aliphatic heterocycles. The summed E-state index contributed by atoms with van der Waals surface area (Å²) >= 11 is 17.7. The van der Waals surface area contributed by atoms with E-state index in [2.05, 4.69) is 20.2 Å². The van der Waals surface area contributed by atoms with Gasteiger partial charge < -0.3 is 20.1 Å². The molecule has 0 radical (unpaired) electrons. The Bertz CT molecular complexity index is 1600. The monoisotopic (exact) mass is 636 g/mol. The minimum atomic E-state index is -4.90. The van der Waals surface area contributed by atoms with Crippen LogP contribution in [-0.4, -0.2) is 69.8 Å². The first-order valence-corrected chi connectivity index (χ1v) is 12.9. The highest BCUT2D eigenvalue weighted by Crippen LogP contribution is 2.41. The van der Waals surface area contributed by atoms with Crippen molar-refractivity contribution in [2.75, 3.05) is 6.61 Å². The molecule has 0 amide bonds. The molecule has 10 nitrogen and oxygen atoms in total. The predicted molar refractivity (Wildman–Crippen MR) is 137 cm³/mol. The Labute approximate surface area is 243 Å². The van der Waals surface area contributed by atoms with Crippen LogP contribution >= 0.6 is 34.8 Å². The third-order valence-electron chi connectivity index (χ3n) is 6.47. The van der Waals surface area contributed by atoms with Crippen molar-refractivity contribution in [1.29, 1.82) is 0 Å². The Morgan fingerprint density at radius 2 is 1.83 bits per heavy atom. The maximum atomic E-state index is 14.8. The summed E-state index contributed by atoms with van der Waals surface area (Å²) in [7, 11) is 0. The zero-order valence-electron chi connectivity index (χ0n) is 20.6. The van der Waals surface area contributed by atoms with Crippen LogP contribution in [0.15, 0.2) is 36.8 Å². The summed E-state index contributed by atoms with van der Waals surface area (Å²) in [5, 5.41) is 40.1. The molecule has 41 heavy (non-hydrogen) atoms. The predicted octanol–water partition coefficient (Wildman–Crippen LogP) is 4.35. The summed E-state index contributed by atoms with van der Waals surface area (Å²) in [6.07, 6.45) is -7.65. The third-order valence-corrected chi connectivity index (χ3v) is 7.46. The van der Waals surface area contributed by atoms with E-state index in [9.17, 15) is 32.9 Å². The number of ether oxygens (including phenoxy) is 1. The number of aryl methyl sites for hydroxylation is 1. The van der Waals surface area contributed by atoms with Gasteiger partial charge in [-0.05, 0) is 25.1 Å². The van der Waals surface area contributed by atoms with Gasteiger partial charge >= 0.3 is 6.18 Å². The summed E-state index contributed by atoms with van der Waals surface area (Å²) < 4.78 is 63.9. The number of aliphatic hydroxyl groups is 3. The molecular weight excluding hydrogens is 619 g/mol. The Morgan fingerprint density at radius 3 is 2.51 bits per heavy atom. The van der Waals surface area contributed by atoms with Gasteiger partial charge in [-0.25, -0.2) is 19.0 Å². The van der Waals surface area contributed by atoms with Gasteiger partial charge in [-0.1, -0.05) is 34.8 Å². The number of pyridine rings is 1. The van der Waals surface area contributed by atoms with Gasteiger partial charge in [0.15, 0.2) is 17.3 Å². The average molecular weight is 638 g/mol. The molecule has 1 fully saturated rings. The topological polar surface area (TPSA) is 131 Å². The number of aliphatic hydroxyl groups excluding tert-OH is 3. The lowest BCUT2D eigenvalue weighted by molar-refractivity contribution is -0.210. The molecule has 1 saturated heterocycles. The molecule has 5 atom stereocenters. The molecule has 5 rings (SSSR count). The maximum absolute atomic E-state index is 14.8. The SMILES string of the molecule is Cc1nc([C@@H]2O[C@H](CO)[C@H](O)[C@H](n3cc(-c4ccc(Cl)c(Cl)c4F)cn3)[C@H]2O)n(-c2cc(Cl)cnc2C(F)(F)F)n1. The van der Waals surface area contributed by atoms with Gasteiger partial charge in [0.1, 0.15) is 36.3 Å². The summed E-state index contributed by atoms with van der Waals surface area (Å²) in [5.74, 6) is -1.09. The number of hydrogen-bond donors (Lipinski definition) is 3. The minimum absolute atomic E-state index is 0.00722. The van der Waals surface area contributed by atoms with Crippen LogP contribution in [0.25, 0.3) is 16.8 Å². The van der Waals surface area contributed by atoms with Gasteiger partial charge in [-0.15, -0.1) is 0 Å². The minimum Gasteiger partial charge on any atom is -0.394 e. The second-order valence-electron chi connectivity index (χ2n) is 9.13. The van der Waals surface area contributed by atoms with E-state index in [0.717, 1.165) is 21.6 Å². The molecule has 3 aromatic heterocycles. The highest BCUT2D eigenvalue weighted by Gasteiger charge is 2.49. The first kappa shape index (κ1) is 29.6. The molecule has 0 saturated carbocycles. The van der Waals surface area contributed by atoms with E-state index >= 15 is 0 Å². The summed E-state index contributed by atoms with van der Waals surface area (Å²) in [5.41, 5.74) is -1.67. The fraction of sp³-hybridized carbons (Fsp3) is 0.333. The van der Waals surface area contributed by atoms with Crippen LogP contribution in [0, 0.1) is 12.7 Å². The first-order chi connectivity index (χ1) is 19.3. The summed E-state index contributed by atoms with van der Waals surface area (Å²) in [6.45, 7) is 0.665. The molecule has 4 heterocycles. The van der Waals surface area contributed by atoms with Crippen LogP contribution in [0.4, 0.5) is 17.6 Å². The molecule has 4 aromatic rings. The third kappa shape index (κ3) is 5.41. The quantitative estimate of drug-likeness (QED) is 0.218. The molecule has 0 unspecified atom stereocenters. The number of aromatic nitrogens is 6. The van der Waals surface area contributed by atoms with Crippen LogP contribution in [0.1, 0.15) is 29.5 Å². The van der Waals surface area contributed by atoms with Crippen LogP contribution in [0.3, 0.4) is 0 Å². The van der Waals surface area contributed by atoms with Crippen molar-refractivity contribution in [2.24, 2.45) is 0 Å². The van der Waals surface area contributed by atoms with E-state index in [1.807, 2.05) is 0 Å². The van der Waals surface area contributed by atoms with E-state index < -0.39 is 60.4 Å². The molecule has 218 valence electrons. The first-order valence-electron chi connectivity index (χ1n) is 11.8. The van der Waals surface area contributed by atoms with Crippen molar-refractivity contribution in [2.45, 2.75) is 43.6 Å². The van der Waals surface area contributed by atoms with E-state index in [1.54, 1.807) is 0 Å². The van der Waals surface area contributed by atoms with E-state index in [-0.39, 0.29) is 37.8 Å². The van der Waals surface area contributed by atoms with Gasteiger partial charge in [0, 0.05) is 23.5 Å². The van der Waals surface area contributed by atoms with Gasteiger partial charge in [-0.2, -0.15) is 23.4 Å². The van der Waals surface area contributed by atoms with Gasteiger partial charge in [0.25, 0.3) is 0 Å². The van der Waals surface area contributed by atoms with Gasteiger partial charge in [0.2, 0.25) is 0 Å². The lowest BCUT2D eigenvalue weighted by atomic mass is 9.92. The van der Waals surface area contributed by atoms with Crippen molar-refractivity contribution in [1.82, 2.24) is 29.5 Å². The Kier molecular flexibility index (Phi) is 8.02. The van der Waals surface area contributed by atoms with Crippen molar-refractivity contribution in [3.05, 3.63) is 75.0 Å². The number of benzene rings is 1. The molecule has 0 spiro atoms. The molecule has 1 aliphatic rings. The highest BCUT2D eigenvalue weighted by molar-refractivity contribution is 6.42. The fourth-order valence-corrected chi connectivity index (χ4v) is 5.08. The zero-order chi connectivity index (χ0) is 29.8. The molecule has 1 aromatic carbocycles. The lowest BCUT2D eigenvalue weighted by Gasteiger charge is -2.41. The normalized spacial score (nSPS) is 23.2. The Balaban J connectivity index is 1.59. The molecular formula is C24H19Cl3F4N6O4. The Morgan fingerprint density at radius 1 is 1.10 bits per heavy atom. The van der Waals surface area contributed by atoms with Crippen molar-refractivity contribution < 1.29 is 37.6 Å². The highest BCUT2D eigenvalue weighted by atomic mass is 35.5. The van der Waals surface area contributed by atoms with Crippen molar-refractivity contribution in [3.63, 3.8) is 0 Å². The zero-order valence-corrected chi connectivity index (χ0v) is 22.9. The second-order valence-corrected chi connectivity index (χ2v) is 10.4. The lowest BCUT2D eigenvalue weighted by Crippen LogP contribution is -2.53. The van der Waals surface area contributed by atoms with Crippen LogP contribution in [-0.2, 0) is 10.9 Å². The van der Waals surface area contributed by atoms with Gasteiger partial charge in [0.05, 0.1) is 33.6 Å². The number of halogens is 7. The molecule has 0 bridgehead atoms. The van der Waals surface area contributed by atoms with Crippen LogP contribution in [0.5, 0.6) is 0 Å². The maximum Gasteiger partial charge on any atom is 0.435 e. The Hall–Kier alpha value is -2.85. The second kappa shape index (κ2) is 11.1. The fourth-order valence-electron chi connectivity index (χ4n) is 4.62. The standard InChI is InChI=1S/C24H19Cl3F4N6O4/c1-9-34-23(37(35-9)14-4-11(25)6-32-22(14)24(29,30)31)21-20(40)18(19(39)15(8-38)41-21)36-7-10(5-33-36)12-2-3-13(26)16(27)17(12)28/h2-7,15,18-21,38-40H,8H2,1H3/t15-,18+,19+,20-,21-/m1/s1.